The van der Waals surface area contributed by atoms with Crippen molar-refractivity contribution in [3.63, 3.8) is 0 Å². The van der Waals surface area contributed by atoms with Crippen LogP contribution in [0.15, 0.2) is 42.5 Å². The highest BCUT2D eigenvalue weighted by Crippen LogP contribution is 2.35. The molecule has 0 aliphatic carbocycles. The molecule has 4 nitrogen and oxygen atoms in total. The second kappa shape index (κ2) is 6.08. The standard InChI is InChI=1S/C17H12ClNO3/c18-14-4-1-11(2-5-14)15(20)7-13(9-19)12-3-6-16-17(8-12)22-10-21-16/h1-6,8,13H,7,10H2. The molecule has 0 N–H and O–H groups in total. The zero-order valence-electron chi connectivity index (χ0n) is 11.6. The maximum atomic E-state index is 12.3. The van der Waals surface area contributed by atoms with E-state index in [2.05, 4.69) is 6.07 Å². The van der Waals surface area contributed by atoms with Gasteiger partial charge in [0.2, 0.25) is 6.79 Å². The first kappa shape index (κ1) is 14.4. The van der Waals surface area contributed by atoms with E-state index in [9.17, 15) is 10.1 Å². The molecule has 0 aromatic heterocycles. The highest BCUT2D eigenvalue weighted by atomic mass is 35.5. The predicted molar refractivity (Wildman–Crippen MR) is 81.3 cm³/mol. The number of nitrogens with zero attached hydrogens (tertiary/aromatic N) is 1. The Morgan fingerprint density at radius 1 is 1.18 bits per heavy atom. The number of Topliss-reactive ketones (excluding diaryl/α,β-unsaturated/α-hetero) is 1. The van der Waals surface area contributed by atoms with Crippen molar-refractivity contribution >= 4 is 17.4 Å². The van der Waals surface area contributed by atoms with Gasteiger partial charge in [-0.3, -0.25) is 4.79 Å². The van der Waals surface area contributed by atoms with Crippen LogP contribution in [0.5, 0.6) is 11.5 Å². The number of benzene rings is 2. The average molecular weight is 314 g/mol. The van der Waals surface area contributed by atoms with Crippen LogP contribution < -0.4 is 9.47 Å². The lowest BCUT2D eigenvalue weighted by Crippen LogP contribution is -2.06. The third kappa shape index (κ3) is 2.90. The molecular weight excluding hydrogens is 302 g/mol. The largest absolute Gasteiger partial charge is 0.454 e. The summed E-state index contributed by atoms with van der Waals surface area (Å²) in [4.78, 5) is 12.3. The molecule has 1 heterocycles. The second-order valence-electron chi connectivity index (χ2n) is 4.93. The van der Waals surface area contributed by atoms with Crippen LogP contribution in [-0.2, 0) is 0 Å². The SMILES string of the molecule is N#CC(CC(=O)c1ccc(Cl)cc1)c1ccc2c(c1)OCO2. The minimum atomic E-state index is -0.530. The van der Waals surface area contributed by atoms with E-state index in [4.69, 9.17) is 21.1 Å². The number of ketones is 1. The monoisotopic (exact) mass is 313 g/mol. The number of carbonyl (C=O) groups is 1. The van der Waals surface area contributed by atoms with Gasteiger partial charge in [-0.05, 0) is 42.0 Å². The van der Waals surface area contributed by atoms with Crippen molar-refractivity contribution in [2.24, 2.45) is 0 Å². The summed E-state index contributed by atoms with van der Waals surface area (Å²) < 4.78 is 10.5. The minimum Gasteiger partial charge on any atom is -0.454 e. The summed E-state index contributed by atoms with van der Waals surface area (Å²) in [5.74, 6) is 0.639. The molecule has 0 spiro atoms. The van der Waals surface area contributed by atoms with E-state index in [1.54, 1.807) is 42.5 Å². The maximum absolute atomic E-state index is 12.3. The third-order valence-electron chi connectivity index (χ3n) is 3.51. The molecule has 1 aliphatic rings. The molecule has 0 fully saturated rings. The Bertz CT molecular complexity index is 749. The molecule has 1 atom stereocenters. The molecule has 2 aromatic rings. The first-order valence-corrected chi connectivity index (χ1v) is 7.13. The second-order valence-corrected chi connectivity index (χ2v) is 5.37. The molecule has 0 radical (unpaired) electrons. The number of hydrogen-bond donors (Lipinski definition) is 0. The summed E-state index contributed by atoms with van der Waals surface area (Å²) in [5, 5.41) is 9.95. The van der Waals surface area contributed by atoms with Crippen LogP contribution >= 0.6 is 11.6 Å². The summed E-state index contributed by atoms with van der Waals surface area (Å²) in [6.45, 7) is 0.180. The van der Waals surface area contributed by atoms with Crippen molar-refractivity contribution in [1.29, 1.82) is 5.26 Å². The van der Waals surface area contributed by atoms with Crippen molar-refractivity contribution in [2.75, 3.05) is 6.79 Å². The predicted octanol–water partition coefficient (Wildman–Crippen LogP) is 3.95. The van der Waals surface area contributed by atoms with Gasteiger partial charge in [-0.25, -0.2) is 0 Å². The van der Waals surface area contributed by atoms with E-state index in [1.807, 2.05) is 0 Å². The fourth-order valence-corrected chi connectivity index (χ4v) is 2.43. The molecule has 0 bridgehead atoms. The highest BCUT2D eigenvalue weighted by Gasteiger charge is 2.20. The lowest BCUT2D eigenvalue weighted by atomic mass is 9.92. The summed E-state index contributed by atoms with van der Waals surface area (Å²) in [6, 6.07) is 14.1. The van der Waals surface area contributed by atoms with Crippen molar-refractivity contribution in [3.8, 4) is 17.6 Å². The van der Waals surface area contributed by atoms with E-state index in [1.165, 1.54) is 0 Å². The van der Waals surface area contributed by atoms with Gasteiger partial charge in [0.1, 0.15) is 0 Å². The maximum Gasteiger partial charge on any atom is 0.231 e. The molecule has 5 heteroatoms. The zero-order chi connectivity index (χ0) is 15.5. The molecule has 0 saturated heterocycles. The van der Waals surface area contributed by atoms with Gasteiger partial charge in [0.05, 0.1) is 12.0 Å². The normalized spacial score (nSPS) is 13.5. The number of ether oxygens (including phenoxy) is 2. The Kier molecular flexibility index (Phi) is 3.99. The Morgan fingerprint density at radius 2 is 1.91 bits per heavy atom. The molecular formula is C17H12ClNO3. The van der Waals surface area contributed by atoms with Crippen LogP contribution in [0.4, 0.5) is 0 Å². The Hall–Kier alpha value is -2.51. The van der Waals surface area contributed by atoms with Crippen LogP contribution in [0.1, 0.15) is 28.3 Å². The smallest absolute Gasteiger partial charge is 0.231 e. The number of halogens is 1. The van der Waals surface area contributed by atoms with Gasteiger partial charge < -0.3 is 9.47 Å². The zero-order valence-corrected chi connectivity index (χ0v) is 12.3. The van der Waals surface area contributed by atoms with Crippen LogP contribution in [0.2, 0.25) is 5.02 Å². The Balaban J connectivity index is 1.78. The molecule has 0 amide bonds. The first-order valence-electron chi connectivity index (χ1n) is 6.75. The van der Waals surface area contributed by atoms with E-state index < -0.39 is 5.92 Å². The van der Waals surface area contributed by atoms with Gasteiger partial charge in [0.25, 0.3) is 0 Å². The van der Waals surface area contributed by atoms with Gasteiger partial charge in [-0.1, -0.05) is 17.7 Å². The van der Waals surface area contributed by atoms with E-state index in [0.29, 0.717) is 22.1 Å². The van der Waals surface area contributed by atoms with Crippen LogP contribution in [0.3, 0.4) is 0 Å². The van der Waals surface area contributed by atoms with Gasteiger partial charge in [-0.15, -0.1) is 0 Å². The minimum absolute atomic E-state index is 0.0964. The Labute approximate surface area is 132 Å². The van der Waals surface area contributed by atoms with Crippen molar-refractivity contribution in [1.82, 2.24) is 0 Å². The fraction of sp³-hybridized carbons (Fsp3) is 0.176. The average Bonchev–Trinajstić information content (AvgIpc) is 3.00. The quantitative estimate of drug-likeness (QED) is 0.802. The van der Waals surface area contributed by atoms with E-state index in [-0.39, 0.29) is 19.0 Å². The first-order chi connectivity index (χ1) is 10.7. The topological polar surface area (TPSA) is 59.3 Å². The number of fused-ring (bicyclic) bond motifs is 1. The highest BCUT2D eigenvalue weighted by molar-refractivity contribution is 6.30. The summed E-state index contributed by atoms with van der Waals surface area (Å²) >= 11 is 5.81. The van der Waals surface area contributed by atoms with Gasteiger partial charge in [-0.2, -0.15) is 5.26 Å². The van der Waals surface area contributed by atoms with Crippen LogP contribution in [0.25, 0.3) is 0 Å². The number of hydrogen-bond acceptors (Lipinski definition) is 4. The Morgan fingerprint density at radius 3 is 2.64 bits per heavy atom. The number of carbonyl (C=O) groups excluding carboxylic acids is 1. The molecule has 22 heavy (non-hydrogen) atoms. The number of nitriles is 1. The van der Waals surface area contributed by atoms with Gasteiger partial charge in [0, 0.05) is 17.0 Å². The molecule has 1 unspecified atom stereocenters. The molecule has 3 rings (SSSR count). The lowest BCUT2D eigenvalue weighted by Gasteiger charge is -2.09. The van der Waals surface area contributed by atoms with Crippen molar-refractivity contribution < 1.29 is 14.3 Å². The molecule has 1 aliphatic heterocycles. The fourth-order valence-electron chi connectivity index (χ4n) is 2.31. The van der Waals surface area contributed by atoms with E-state index >= 15 is 0 Å². The molecule has 2 aromatic carbocycles. The third-order valence-corrected chi connectivity index (χ3v) is 3.76. The molecule has 110 valence electrons. The van der Waals surface area contributed by atoms with Crippen molar-refractivity contribution in [3.05, 3.63) is 58.6 Å². The van der Waals surface area contributed by atoms with Crippen molar-refractivity contribution in [2.45, 2.75) is 12.3 Å². The number of rotatable bonds is 4. The van der Waals surface area contributed by atoms with Gasteiger partial charge >= 0.3 is 0 Å². The van der Waals surface area contributed by atoms with E-state index in [0.717, 1.165) is 5.56 Å². The van der Waals surface area contributed by atoms with Crippen LogP contribution in [-0.4, -0.2) is 12.6 Å². The summed E-state index contributed by atoms with van der Waals surface area (Å²) in [6.07, 6.45) is 0.109. The van der Waals surface area contributed by atoms with Gasteiger partial charge in [0.15, 0.2) is 17.3 Å². The summed E-state index contributed by atoms with van der Waals surface area (Å²) in [7, 11) is 0. The molecule has 0 saturated carbocycles. The van der Waals surface area contributed by atoms with Crippen LogP contribution in [0, 0.1) is 11.3 Å². The summed E-state index contributed by atoms with van der Waals surface area (Å²) in [5.41, 5.74) is 1.29. The lowest BCUT2D eigenvalue weighted by molar-refractivity contribution is 0.0979.